The number of para-hydroxylation sites is 1. The summed E-state index contributed by atoms with van der Waals surface area (Å²) < 4.78 is 0. The second-order valence-electron chi connectivity index (χ2n) is 3.82. The molecule has 0 atom stereocenters. The highest BCUT2D eigenvalue weighted by Gasteiger charge is 1.99. The summed E-state index contributed by atoms with van der Waals surface area (Å²) in [5.74, 6) is 6.29. The zero-order chi connectivity index (χ0) is 11.8. The first-order chi connectivity index (χ1) is 7.74. The van der Waals surface area contributed by atoms with Crippen LogP contribution in [0.4, 0.5) is 0 Å². The molecule has 1 rings (SSSR count). The minimum absolute atomic E-state index is 0.378. The number of phenols is 1. The standard InChI is InChI=1S/C15H18O/c1-3-4-5-6-9-13(2)12-14-10-7-8-11-15(14)16/h7-11,16H,5-6,12H2,1-2H3. The fourth-order valence-corrected chi connectivity index (χ4v) is 1.55. The molecule has 0 aliphatic carbocycles. The summed E-state index contributed by atoms with van der Waals surface area (Å²) in [5.41, 5.74) is 2.26. The first-order valence-corrected chi connectivity index (χ1v) is 5.56. The summed E-state index contributed by atoms with van der Waals surface area (Å²) in [6, 6.07) is 7.48. The Labute approximate surface area is 97.8 Å². The molecule has 0 radical (unpaired) electrons. The summed E-state index contributed by atoms with van der Waals surface area (Å²) >= 11 is 0. The van der Waals surface area contributed by atoms with Crippen molar-refractivity contribution in [1.29, 1.82) is 0 Å². The fraction of sp³-hybridized carbons (Fsp3) is 0.333. The third-order valence-corrected chi connectivity index (χ3v) is 2.40. The molecule has 0 aromatic heterocycles. The van der Waals surface area contributed by atoms with E-state index < -0.39 is 0 Å². The summed E-state index contributed by atoms with van der Waals surface area (Å²) in [5, 5.41) is 9.62. The number of aromatic hydroxyl groups is 1. The van der Waals surface area contributed by atoms with Gasteiger partial charge < -0.3 is 5.11 Å². The zero-order valence-corrected chi connectivity index (χ0v) is 9.96. The van der Waals surface area contributed by atoms with E-state index in [1.807, 2.05) is 25.1 Å². The molecule has 1 aromatic carbocycles. The lowest BCUT2D eigenvalue weighted by Crippen LogP contribution is -1.87. The normalized spacial score (nSPS) is 10.8. The van der Waals surface area contributed by atoms with Crippen molar-refractivity contribution in [2.45, 2.75) is 33.1 Å². The third-order valence-electron chi connectivity index (χ3n) is 2.40. The predicted molar refractivity (Wildman–Crippen MR) is 68.3 cm³/mol. The maximum atomic E-state index is 9.62. The first-order valence-electron chi connectivity index (χ1n) is 5.56. The Morgan fingerprint density at radius 1 is 1.38 bits per heavy atom. The molecule has 0 unspecified atom stereocenters. The van der Waals surface area contributed by atoms with E-state index in [1.165, 1.54) is 5.57 Å². The quantitative estimate of drug-likeness (QED) is 0.460. The fourth-order valence-electron chi connectivity index (χ4n) is 1.55. The van der Waals surface area contributed by atoms with Gasteiger partial charge in [0.05, 0.1) is 0 Å². The van der Waals surface area contributed by atoms with E-state index in [0.29, 0.717) is 5.75 Å². The van der Waals surface area contributed by atoms with Crippen molar-refractivity contribution < 1.29 is 5.11 Å². The van der Waals surface area contributed by atoms with E-state index in [0.717, 1.165) is 24.8 Å². The second-order valence-corrected chi connectivity index (χ2v) is 3.82. The maximum Gasteiger partial charge on any atom is 0.119 e. The van der Waals surface area contributed by atoms with Crippen LogP contribution in [0.25, 0.3) is 0 Å². The monoisotopic (exact) mass is 214 g/mol. The SMILES string of the molecule is CC#CCCC=C(C)Cc1ccccc1O. The van der Waals surface area contributed by atoms with E-state index in [4.69, 9.17) is 0 Å². The molecular weight excluding hydrogens is 196 g/mol. The van der Waals surface area contributed by atoms with Crippen LogP contribution < -0.4 is 0 Å². The number of hydrogen-bond acceptors (Lipinski definition) is 1. The Balaban J connectivity index is 2.53. The van der Waals surface area contributed by atoms with E-state index in [9.17, 15) is 5.11 Å². The summed E-state index contributed by atoms with van der Waals surface area (Å²) in [6.07, 6.45) is 4.90. The molecule has 1 nitrogen and oxygen atoms in total. The first kappa shape index (κ1) is 12.4. The molecule has 84 valence electrons. The molecule has 0 saturated carbocycles. The van der Waals surface area contributed by atoms with Gasteiger partial charge in [0.15, 0.2) is 0 Å². The predicted octanol–water partition coefficient (Wildman–Crippen LogP) is 3.68. The van der Waals surface area contributed by atoms with Crippen LogP contribution in [0, 0.1) is 11.8 Å². The lowest BCUT2D eigenvalue weighted by Gasteiger charge is -2.04. The molecule has 0 amide bonds. The van der Waals surface area contributed by atoms with Crippen molar-refractivity contribution in [3.63, 3.8) is 0 Å². The molecule has 0 heterocycles. The van der Waals surface area contributed by atoms with Gasteiger partial charge in [0.1, 0.15) is 5.75 Å². The smallest absolute Gasteiger partial charge is 0.119 e. The van der Waals surface area contributed by atoms with Crippen molar-refractivity contribution >= 4 is 0 Å². The highest BCUT2D eigenvalue weighted by molar-refractivity contribution is 5.34. The lowest BCUT2D eigenvalue weighted by atomic mass is 10.0. The molecule has 1 heteroatoms. The minimum atomic E-state index is 0.378. The Hall–Kier alpha value is -1.68. The number of phenolic OH excluding ortho intramolecular Hbond substituents is 1. The minimum Gasteiger partial charge on any atom is -0.508 e. The van der Waals surface area contributed by atoms with Crippen molar-refractivity contribution in [2.75, 3.05) is 0 Å². The van der Waals surface area contributed by atoms with Crippen LogP contribution in [0.5, 0.6) is 5.75 Å². The van der Waals surface area contributed by atoms with Gasteiger partial charge in [-0.25, -0.2) is 0 Å². The summed E-state index contributed by atoms with van der Waals surface area (Å²) in [6.45, 7) is 3.95. The Morgan fingerprint density at radius 3 is 2.81 bits per heavy atom. The van der Waals surface area contributed by atoms with Crippen LogP contribution in [0.1, 0.15) is 32.3 Å². The van der Waals surface area contributed by atoms with Gasteiger partial charge in [-0.1, -0.05) is 29.8 Å². The molecule has 0 fully saturated rings. The third kappa shape index (κ3) is 4.23. The van der Waals surface area contributed by atoms with E-state index in [1.54, 1.807) is 6.07 Å². The molecule has 0 bridgehead atoms. The van der Waals surface area contributed by atoms with Gasteiger partial charge in [0.25, 0.3) is 0 Å². The van der Waals surface area contributed by atoms with Gasteiger partial charge >= 0.3 is 0 Å². The lowest BCUT2D eigenvalue weighted by molar-refractivity contribution is 0.469. The largest absolute Gasteiger partial charge is 0.508 e. The van der Waals surface area contributed by atoms with Crippen LogP contribution in [0.15, 0.2) is 35.9 Å². The maximum absolute atomic E-state index is 9.62. The van der Waals surface area contributed by atoms with Gasteiger partial charge in [0.2, 0.25) is 0 Å². The number of benzene rings is 1. The van der Waals surface area contributed by atoms with Gasteiger partial charge in [0, 0.05) is 6.42 Å². The topological polar surface area (TPSA) is 20.2 Å². The Kier molecular flexibility index (Phi) is 5.22. The number of rotatable bonds is 4. The molecular formula is C15H18O. The van der Waals surface area contributed by atoms with E-state index in [2.05, 4.69) is 24.8 Å². The van der Waals surface area contributed by atoms with Crippen molar-refractivity contribution in [2.24, 2.45) is 0 Å². The second kappa shape index (κ2) is 6.74. The van der Waals surface area contributed by atoms with Gasteiger partial charge in [-0.15, -0.1) is 11.8 Å². The summed E-state index contributed by atoms with van der Waals surface area (Å²) in [7, 11) is 0. The van der Waals surface area contributed by atoms with Crippen LogP contribution in [0.2, 0.25) is 0 Å². The van der Waals surface area contributed by atoms with Crippen LogP contribution >= 0.6 is 0 Å². The summed E-state index contributed by atoms with van der Waals surface area (Å²) in [4.78, 5) is 0. The van der Waals surface area contributed by atoms with Crippen molar-refractivity contribution in [3.8, 4) is 17.6 Å². The highest BCUT2D eigenvalue weighted by atomic mass is 16.3. The zero-order valence-electron chi connectivity index (χ0n) is 9.96. The van der Waals surface area contributed by atoms with Crippen LogP contribution in [0.3, 0.4) is 0 Å². The number of allylic oxidation sites excluding steroid dienone is 2. The highest BCUT2D eigenvalue weighted by Crippen LogP contribution is 2.19. The van der Waals surface area contributed by atoms with Gasteiger partial charge in [-0.05, 0) is 38.3 Å². The number of unbranched alkanes of at least 4 members (excludes halogenated alkanes) is 1. The molecule has 0 aliphatic heterocycles. The molecule has 1 N–H and O–H groups in total. The molecule has 0 saturated heterocycles. The van der Waals surface area contributed by atoms with Crippen molar-refractivity contribution in [1.82, 2.24) is 0 Å². The molecule has 1 aromatic rings. The molecule has 0 aliphatic rings. The Bertz CT molecular complexity index is 419. The number of hydrogen-bond donors (Lipinski definition) is 1. The average molecular weight is 214 g/mol. The van der Waals surface area contributed by atoms with Crippen LogP contribution in [-0.4, -0.2) is 5.11 Å². The van der Waals surface area contributed by atoms with E-state index >= 15 is 0 Å². The Morgan fingerprint density at radius 2 is 2.12 bits per heavy atom. The van der Waals surface area contributed by atoms with E-state index in [-0.39, 0.29) is 0 Å². The van der Waals surface area contributed by atoms with Crippen molar-refractivity contribution in [3.05, 3.63) is 41.5 Å². The molecule has 16 heavy (non-hydrogen) atoms. The van der Waals surface area contributed by atoms with Gasteiger partial charge in [-0.3, -0.25) is 0 Å². The average Bonchev–Trinajstić information content (AvgIpc) is 2.28. The van der Waals surface area contributed by atoms with Gasteiger partial charge in [-0.2, -0.15) is 0 Å². The molecule has 0 spiro atoms. The van der Waals surface area contributed by atoms with Crippen LogP contribution in [-0.2, 0) is 6.42 Å².